The van der Waals surface area contributed by atoms with Gasteiger partial charge in [0.15, 0.2) is 0 Å². The minimum atomic E-state index is -1.67. The maximum Gasteiger partial charge on any atom is 0.332 e. The minimum absolute atomic E-state index is 0.0579. The van der Waals surface area contributed by atoms with Crippen LogP contribution in [0.5, 0.6) is 0 Å². The van der Waals surface area contributed by atoms with Crippen LogP contribution in [-0.4, -0.2) is 26.9 Å². The maximum atomic E-state index is 10.5. The number of carbonyl (C=O) groups is 2. The van der Waals surface area contributed by atoms with Crippen LogP contribution in [0.2, 0.25) is 0 Å². The van der Waals surface area contributed by atoms with Gasteiger partial charge in [0.1, 0.15) is 0 Å². The van der Waals surface area contributed by atoms with Crippen molar-refractivity contribution in [3.8, 4) is 0 Å². The summed E-state index contributed by atoms with van der Waals surface area (Å²) in [6.07, 6.45) is 1.61. The molecule has 5 heteroatoms. The van der Waals surface area contributed by atoms with E-state index in [2.05, 4.69) is 0 Å². The van der Waals surface area contributed by atoms with Gasteiger partial charge in [-0.05, 0) is 5.41 Å². The predicted molar refractivity (Wildman–Crippen MR) is 39.4 cm³/mol. The predicted octanol–water partition coefficient (Wildman–Crippen LogP) is 0.545. The molecule has 0 bridgehead atoms. The van der Waals surface area contributed by atoms with E-state index in [0.717, 1.165) is 11.8 Å². The average Bonchev–Trinajstić information content (AvgIpc) is 2.34. The minimum Gasteiger partial charge on any atom is -0.480 e. The van der Waals surface area contributed by atoms with Crippen molar-refractivity contribution in [3.05, 3.63) is 11.5 Å². The van der Waals surface area contributed by atoms with Gasteiger partial charge in [-0.15, -0.1) is 11.8 Å². The Morgan fingerprint density at radius 3 is 2.09 bits per heavy atom. The molecule has 60 valence electrons. The fourth-order valence-electron chi connectivity index (χ4n) is 0.793. The summed E-state index contributed by atoms with van der Waals surface area (Å²) < 4.78 is -1.67. The molecule has 0 aliphatic carbocycles. The highest BCUT2D eigenvalue weighted by Crippen LogP contribution is 2.36. The van der Waals surface area contributed by atoms with Gasteiger partial charge in [-0.3, -0.25) is 9.59 Å². The van der Waals surface area contributed by atoms with Crippen LogP contribution in [0.1, 0.15) is 6.42 Å². The van der Waals surface area contributed by atoms with Crippen molar-refractivity contribution < 1.29 is 19.8 Å². The standard InChI is InChI=1S/C6H6O4S/c7-4(8)6(5(9)10)2-1-3-11-6/h1,3H,2H2,(H,7,8)(H,9,10). The van der Waals surface area contributed by atoms with Crippen LogP contribution in [0.3, 0.4) is 0 Å². The van der Waals surface area contributed by atoms with Crippen LogP contribution in [0.15, 0.2) is 11.5 Å². The number of carboxylic acids is 2. The van der Waals surface area contributed by atoms with Gasteiger partial charge in [0.2, 0.25) is 4.75 Å². The Hall–Kier alpha value is -0.970. The highest BCUT2D eigenvalue weighted by Gasteiger charge is 2.47. The molecule has 0 aromatic heterocycles. The Morgan fingerprint density at radius 1 is 1.36 bits per heavy atom. The van der Waals surface area contributed by atoms with Crippen molar-refractivity contribution in [2.75, 3.05) is 0 Å². The molecule has 0 amide bonds. The third-order valence-electron chi connectivity index (χ3n) is 1.46. The topological polar surface area (TPSA) is 74.6 Å². The fourth-order valence-corrected chi connectivity index (χ4v) is 1.61. The highest BCUT2D eigenvalue weighted by atomic mass is 32.2. The van der Waals surface area contributed by atoms with Crippen LogP contribution < -0.4 is 0 Å². The summed E-state index contributed by atoms with van der Waals surface area (Å²) in [5.74, 6) is -2.58. The number of hydrogen-bond donors (Lipinski definition) is 2. The summed E-state index contributed by atoms with van der Waals surface area (Å²) in [6.45, 7) is 0. The summed E-state index contributed by atoms with van der Waals surface area (Å²) in [5.41, 5.74) is 0. The second kappa shape index (κ2) is 2.58. The van der Waals surface area contributed by atoms with Gasteiger partial charge in [0, 0.05) is 6.42 Å². The Morgan fingerprint density at radius 2 is 1.91 bits per heavy atom. The first-order valence-corrected chi connectivity index (χ1v) is 3.77. The van der Waals surface area contributed by atoms with Gasteiger partial charge in [0.25, 0.3) is 0 Å². The zero-order valence-electron chi connectivity index (χ0n) is 5.48. The van der Waals surface area contributed by atoms with E-state index >= 15 is 0 Å². The number of rotatable bonds is 2. The molecular weight excluding hydrogens is 168 g/mol. The third-order valence-corrected chi connectivity index (χ3v) is 2.71. The molecule has 4 nitrogen and oxygen atoms in total. The molecule has 0 atom stereocenters. The van der Waals surface area contributed by atoms with Crippen molar-refractivity contribution in [2.24, 2.45) is 0 Å². The van der Waals surface area contributed by atoms with Crippen molar-refractivity contribution in [1.29, 1.82) is 0 Å². The summed E-state index contributed by atoms with van der Waals surface area (Å²) in [7, 11) is 0. The fraction of sp³-hybridized carbons (Fsp3) is 0.333. The van der Waals surface area contributed by atoms with Crippen molar-refractivity contribution in [2.45, 2.75) is 11.2 Å². The van der Waals surface area contributed by atoms with E-state index in [-0.39, 0.29) is 6.42 Å². The summed E-state index contributed by atoms with van der Waals surface area (Å²) in [4.78, 5) is 21.0. The number of allylic oxidation sites excluding steroid dienone is 1. The molecular formula is C6H6O4S. The van der Waals surface area contributed by atoms with Gasteiger partial charge in [-0.2, -0.15) is 0 Å². The number of carboxylic acid groups (broad SMARTS) is 2. The summed E-state index contributed by atoms with van der Waals surface area (Å²) in [5, 5.41) is 18.7. The Kier molecular flexibility index (Phi) is 1.90. The first kappa shape index (κ1) is 8.13. The SMILES string of the molecule is O=C(O)C1(C(=O)O)CC=CS1. The normalized spacial score (nSPS) is 20.0. The van der Waals surface area contributed by atoms with E-state index < -0.39 is 16.7 Å². The number of hydrogen-bond acceptors (Lipinski definition) is 3. The highest BCUT2D eigenvalue weighted by molar-refractivity contribution is 8.05. The van der Waals surface area contributed by atoms with Crippen molar-refractivity contribution in [3.63, 3.8) is 0 Å². The molecule has 1 aliphatic rings. The largest absolute Gasteiger partial charge is 0.480 e. The molecule has 1 heterocycles. The number of thioether (sulfide) groups is 1. The molecule has 0 aromatic rings. The lowest BCUT2D eigenvalue weighted by atomic mass is 10.1. The quantitative estimate of drug-likeness (QED) is 0.598. The Labute approximate surface area is 66.9 Å². The van der Waals surface area contributed by atoms with E-state index in [4.69, 9.17) is 10.2 Å². The van der Waals surface area contributed by atoms with E-state index in [1.807, 2.05) is 0 Å². The lowest BCUT2D eigenvalue weighted by Crippen LogP contribution is -2.41. The van der Waals surface area contributed by atoms with E-state index in [9.17, 15) is 9.59 Å². The summed E-state index contributed by atoms with van der Waals surface area (Å²) >= 11 is 0.826. The van der Waals surface area contributed by atoms with E-state index in [1.54, 1.807) is 6.08 Å². The maximum absolute atomic E-state index is 10.5. The van der Waals surface area contributed by atoms with E-state index in [1.165, 1.54) is 5.41 Å². The summed E-state index contributed by atoms with van der Waals surface area (Å²) in [6, 6.07) is 0. The van der Waals surface area contributed by atoms with Crippen LogP contribution >= 0.6 is 11.8 Å². The molecule has 1 rings (SSSR count). The van der Waals surface area contributed by atoms with Crippen LogP contribution in [0.25, 0.3) is 0 Å². The van der Waals surface area contributed by atoms with Gasteiger partial charge in [0.05, 0.1) is 0 Å². The molecule has 0 fully saturated rings. The van der Waals surface area contributed by atoms with Gasteiger partial charge < -0.3 is 10.2 Å². The van der Waals surface area contributed by atoms with Crippen LogP contribution in [0, 0.1) is 0 Å². The molecule has 0 aromatic carbocycles. The zero-order valence-corrected chi connectivity index (χ0v) is 6.30. The molecule has 0 radical (unpaired) electrons. The second-order valence-corrected chi connectivity index (χ2v) is 3.34. The molecule has 0 saturated heterocycles. The lowest BCUT2D eigenvalue weighted by molar-refractivity contribution is -0.151. The van der Waals surface area contributed by atoms with Gasteiger partial charge >= 0.3 is 11.9 Å². The Balaban J connectivity index is 2.90. The van der Waals surface area contributed by atoms with Crippen molar-refractivity contribution in [1.82, 2.24) is 0 Å². The Bertz CT molecular complexity index is 209. The van der Waals surface area contributed by atoms with E-state index in [0.29, 0.717) is 0 Å². The van der Waals surface area contributed by atoms with Crippen molar-refractivity contribution >= 4 is 23.7 Å². The number of aliphatic carboxylic acids is 2. The molecule has 0 spiro atoms. The molecule has 1 aliphatic heterocycles. The average molecular weight is 174 g/mol. The van der Waals surface area contributed by atoms with Crippen LogP contribution in [0.4, 0.5) is 0 Å². The van der Waals surface area contributed by atoms with Gasteiger partial charge in [-0.25, -0.2) is 0 Å². The van der Waals surface area contributed by atoms with Gasteiger partial charge in [-0.1, -0.05) is 6.08 Å². The smallest absolute Gasteiger partial charge is 0.332 e. The first-order valence-electron chi connectivity index (χ1n) is 2.89. The monoisotopic (exact) mass is 174 g/mol. The zero-order chi connectivity index (χ0) is 8.48. The molecule has 0 unspecified atom stereocenters. The molecule has 11 heavy (non-hydrogen) atoms. The third kappa shape index (κ3) is 1.11. The lowest BCUT2D eigenvalue weighted by Gasteiger charge is -2.15. The first-order chi connectivity index (χ1) is 5.09. The molecule has 2 N–H and O–H groups in total. The van der Waals surface area contributed by atoms with Crippen LogP contribution in [-0.2, 0) is 9.59 Å². The second-order valence-electron chi connectivity index (χ2n) is 2.13. The molecule has 0 saturated carbocycles.